The van der Waals surface area contributed by atoms with Gasteiger partial charge in [0.05, 0.1) is 0 Å². The van der Waals surface area contributed by atoms with Crippen LogP contribution in [0.25, 0.3) is 0 Å². The summed E-state index contributed by atoms with van der Waals surface area (Å²) in [5.41, 5.74) is 8.68. The van der Waals surface area contributed by atoms with Crippen LogP contribution in [0.5, 0.6) is 0 Å². The molecule has 1 heterocycles. The lowest BCUT2D eigenvalue weighted by atomic mass is 10.2. The van der Waals surface area contributed by atoms with Gasteiger partial charge in [-0.15, -0.1) is 0 Å². The fourth-order valence-corrected chi connectivity index (χ4v) is 1.79. The number of hydrogen-bond acceptors (Lipinski definition) is 4. The van der Waals surface area contributed by atoms with Crippen molar-refractivity contribution in [2.75, 3.05) is 5.32 Å². The minimum atomic E-state index is 0.320. The Morgan fingerprint density at radius 1 is 1.16 bits per heavy atom. The molecule has 2 aromatic rings. The van der Waals surface area contributed by atoms with Crippen LogP contribution < -0.4 is 11.1 Å². The van der Waals surface area contributed by atoms with Crippen molar-refractivity contribution in [2.24, 2.45) is 5.73 Å². The van der Waals surface area contributed by atoms with Crippen molar-refractivity contribution in [3.8, 4) is 0 Å². The summed E-state index contributed by atoms with van der Waals surface area (Å²) in [5, 5.41) is 3.30. The molecule has 0 aliphatic carbocycles. The molecule has 0 fully saturated rings. The number of nitrogens with one attached hydrogen (secondary N) is 1. The molecule has 4 nitrogen and oxygen atoms in total. The van der Waals surface area contributed by atoms with Gasteiger partial charge in [0.25, 0.3) is 0 Å². The Hall–Kier alpha value is -1.94. The monoisotopic (exact) mass is 256 g/mol. The van der Waals surface area contributed by atoms with Gasteiger partial charge in [-0.05, 0) is 24.6 Å². The zero-order chi connectivity index (χ0) is 13.8. The van der Waals surface area contributed by atoms with Crippen molar-refractivity contribution < 1.29 is 0 Å². The Morgan fingerprint density at radius 3 is 2.42 bits per heavy atom. The Kier molecular flexibility index (Phi) is 4.12. The van der Waals surface area contributed by atoms with E-state index in [-0.39, 0.29) is 0 Å². The predicted molar refractivity (Wildman–Crippen MR) is 78.5 cm³/mol. The standard InChI is InChI=1S/C15H20N4/c1-10(2)15-17-11(3)8-14(19-15)18-13-6-4-12(9-16)5-7-13/h4-8,10H,9,16H2,1-3H3,(H,17,18,19). The Morgan fingerprint density at radius 2 is 1.84 bits per heavy atom. The third kappa shape index (κ3) is 3.51. The van der Waals surface area contributed by atoms with Gasteiger partial charge >= 0.3 is 0 Å². The number of anilines is 2. The smallest absolute Gasteiger partial charge is 0.134 e. The molecule has 0 unspecified atom stereocenters. The van der Waals surface area contributed by atoms with E-state index in [1.807, 2.05) is 37.3 Å². The minimum absolute atomic E-state index is 0.320. The lowest BCUT2D eigenvalue weighted by molar-refractivity contribution is 0.768. The molecule has 0 saturated carbocycles. The van der Waals surface area contributed by atoms with E-state index in [4.69, 9.17) is 5.73 Å². The summed E-state index contributed by atoms with van der Waals surface area (Å²) in [6, 6.07) is 9.99. The molecule has 4 heteroatoms. The second-order valence-corrected chi connectivity index (χ2v) is 4.93. The quantitative estimate of drug-likeness (QED) is 0.882. The molecule has 100 valence electrons. The first-order chi connectivity index (χ1) is 9.08. The summed E-state index contributed by atoms with van der Waals surface area (Å²) < 4.78 is 0. The fraction of sp³-hybridized carbons (Fsp3) is 0.333. The molecule has 0 bridgehead atoms. The minimum Gasteiger partial charge on any atom is -0.340 e. The number of hydrogen-bond donors (Lipinski definition) is 2. The molecule has 0 spiro atoms. The molecular weight excluding hydrogens is 236 g/mol. The first-order valence-corrected chi connectivity index (χ1v) is 6.50. The van der Waals surface area contributed by atoms with E-state index in [2.05, 4.69) is 29.1 Å². The van der Waals surface area contributed by atoms with Gasteiger partial charge in [-0.1, -0.05) is 26.0 Å². The molecule has 19 heavy (non-hydrogen) atoms. The van der Waals surface area contributed by atoms with Gasteiger partial charge in [0.15, 0.2) is 0 Å². The Labute approximate surface area is 114 Å². The number of nitrogens with two attached hydrogens (primary N) is 1. The van der Waals surface area contributed by atoms with Crippen molar-refractivity contribution in [1.82, 2.24) is 9.97 Å². The summed E-state index contributed by atoms with van der Waals surface area (Å²) in [6.45, 7) is 6.73. The van der Waals surface area contributed by atoms with Crippen LogP contribution in [0.15, 0.2) is 30.3 Å². The normalized spacial score (nSPS) is 10.8. The summed E-state index contributed by atoms with van der Waals surface area (Å²) in [5.74, 6) is 2.01. The maximum absolute atomic E-state index is 5.58. The maximum Gasteiger partial charge on any atom is 0.134 e. The van der Waals surface area contributed by atoms with Crippen LogP contribution in [-0.4, -0.2) is 9.97 Å². The summed E-state index contributed by atoms with van der Waals surface area (Å²) in [4.78, 5) is 8.96. The average molecular weight is 256 g/mol. The second kappa shape index (κ2) is 5.80. The molecule has 3 N–H and O–H groups in total. The van der Waals surface area contributed by atoms with E-state index in [1.165, 1.54) is 0 Å². The second-order valence-electron chi connectivity index (χ2n) is 4.93. The van der Waals surface area contributed by atoms with Crippen LogP contribution in [0.2, 0.25) is 0 Å². The maximum atomic E-state index is 5.58. The van der Waals surface area contributed by atoms with Gasteiger partial charge in [-0.25, -0.2) is 9.97 Å². The third-order valence-corrected chi connectivity index (χ3v) is 2.85. The van der Waals surface area contributed by atoms with Gasteiger partial charge in [-0.2, -0.15) is 0 Å². The van der Waals surface area contributed by atoms with Crippen molar-refractivity contribution in [3.05, 3.63) is 47.4 Å². The molecule has 0 radical (unpaired) electrons. The van der Waals surface area contributed by atoms with Crippen molar-refractivity contribution >= 4 is 11.5 Å². The molecule has 0 amide bonds. The fourth-order valence-electron chi connectivity index (χ4n) is 1.79. The van der Waals surface area contributed by atoms with Crippen LogP contribution in [-0.2, 0) is 6.54 Å². The number of aromatic nitrogens is 2. The van der Waals surface area contributed by atoms with Gasteiger partial charge in [0.2, 0.25) is 0 Å². The summed E-state index contributed by atoms with van der Waals surface area (Å²) in [6.07, 6.45) is 0. The van der Waals surface area contributed by atoms with Gasteiger partial charge < -0.3 is 11.1 Å². The highest BCUT2D eigenvalue weighted by Crippen LogP contribution is 2.18. The van der Waals surface area contributed by atoms with Crippen LogP contribution in [0.4, 0.5) is 11.5 Å². The first kappa shape index (κ1) is 13.5. The average Bonchev–Trinajstić information content (AvgIpc) is 2.39. The number of rotatable bonds is 4. The van der Waals surface area contributed by atoms with E-state index in [1.54, 1.807) is 0 Å². The topological polar surface area (TPSA) is 63.8 Å². The Bertz CT molecular complexity index is 547. The summed E-state index contributed by atoms with van der Waals surface area (Å²) >= 11 is 0. The van der Waals surface area contributed by atoms with Crippen molar-refractivity contribution in [2.45, 2.75) is 33.2 Å². The van der Waals surface area contributed by atoms with E-state index >= 15 is 0 Å². The molecule has 2 rings (SSSR count). The highest BCUT2D eigenvalue weighted by atomic mass is 15.0. The third-order valence-electron chi connectivity index (χ3n) is 2.85. The molecule has 0 atom stereocenters. The Balaban J connectivity index is 2.22. The molecular formula is C15H20N4. The lowest BCUT2D eigenvalue weighted by Crippen LogP contribution is -2.03. The number of benzene rings is 1. The van der Waals surface area contributed by atoms with E-state index in [0.29, 0.717) is 12.5 Å². The number of nitrogens with zero attached hydrogens (tertiary/aromatic N) is 2. The van der Waals surface area contributed by atoms with Crippen molar-refractivity contribution in [3.63, 3.8) is 0 Å². The molecule has 0 aliphatic rings. The van der Waals surface area contributed by atoms with E-state index in [0.717, 1.165) is 28.6 Å². The van der Waals surface area contributed by atoms with Crippen LogP contribution in [0.3, 0.4) is 0 Å². The number of aryl methyl sites for hydroxylation is 1. The van der Waals surface area contributed by atoms with E-state index < -0.39 is 0 Å². The van der Waals surface area contributed by atoms with Crippen LogP contribution in [0.1, 0.15) is 36.8 Å². The van der Waals surface area contributed by atoms with Gasteiger partial charge in [-0.3, -0.25) is 0 Å². The lowest BCUT2D eigenvalue weighted by Gasteiger charge is -2.10. The van der Waals surface area contributed by atoms with E-state index in [9.17, 15) is 0 Å². The van der Waals surface area contributed by atoms with Crippen LogP contribution >= 0.6 is 0 Å². The largest absolute Gasteiger partial charge is 0.340 e. The van der Waals surface area contributed by atoms with Gasteiger partial charge in [0.1, 0.15) is 11.6 Å². The first-order valence-electron chi connectivity index (χ1n) is 6.50. The molecule has 0 aliphatic heterocycles. The molecule has 1 aromatic heterocycles. The van der Waals surface area contributed by atoms with Crippen LogP contribution in [0, 0.1) is 6.92 Å². The summed E-state index contributed by atoms with van der Waals surface area (Å²) in [7, 11) is 0. The predicted octanol–water partition coefficient (Wildman–Crippen LogP) is 3.11. The SMILES string of the molecule is Cc1cc(Nc2ccc(CN)cc2)nc(C(C)C)n1. The molecule has 1 aromatic carbocycles. The highest BCUT2D eigenvalue weighted by molar-refractivity contribution is 5.56. The highest BCUT2D eigenvalue weighted by Gasteiger charge is 2.06. The zero-order valence-corrected chi connectivity index (χ0v) is 11.6. The van der Waals surface area contributed by atoms with Crippen molar-refractivity contribution in [1.29, 1.82) is 0 Å². The zero-order valence-electron chi connectivity index (χ0n) is 11.6. The van der Waals surface area contributed by atoms with Gasteiger partial charge in [0, 0.05) is 29.9 Å². The molecule has 0 saturated heterocycles.